The van der Waals surface area contributed by atoms with Crippen LogP contribution in [0.1, 0.15) is 17.0 Å². The minimum absolute atomic E-state index is 0.313. The fraction of sp³-hybridized carbons (Fsp3) is 0.125. The van der Waals surface area contributed by atoms with E-state index in [-0.39, 0.29) is 5.97 Å². The fourth-order valence-corrected chi connectivity index (χ4v) is 2.43. The van der Waals surface area contributed by atoms with Crippen molar-refractivity contribution < 1.29 is 9.53 Å². The van der Waals surface area contributed by atoms with E-state index in [4.69, 9.17) is 16.3 Å². The number of halogens is 1. The standard InChI is InChI=1S/C16H12ClNO2/c17-14-9-5-4-8-12(14)13-10-18-15(20-16(13)19)11-6-2-1-3-7-11/h1-9,13H,10H2/t13-/m0/s1. The molecule has 0 fully saturated rings. The van der Waals surface area contributed by atoms with Gasteiger partial charge in [-0.15, -0.1) is 0 Å². The van der Waals surface area contributed by atoms with Gasteiger partial charge in [0, 0.05) is 10.6 Å². The average molecular weight is 286 g/mol. The summed E-state index contributed by atoms with van der Waals surface area (Å²) in [7, 11) is 0. The van der Waals surface area contributed by atoms with E-state index in [1.807, 2.05) is 48.5 Å². The smallest absolute Gasteiger partial charge is 0.322 e. The Hall–Kier alpha value is -2.13. The van der Waals surface area contributed by atoms with Crippen LogP contribution in [0, 0.1) is 0 Å². The Kier molecular flexibility index (Phi) is 3.52. The molecule has 0 unspecified atom stereocenters. The molecule has 0 radical (unpaired) electrons. The highest BCUT2D eigenvalue weighted by molar-refractivity contribution is 6.31. The van der Waals surface area contributed by atoms with Crippen molar-refractivity contribution in [3.05, 3.63) is 70.7 Å². The van der Waals surface area contributed by atoms with Crippen molar-refractivity contribution in [1.29, 1.82) is 0 Å². The van der Waals surface area contributed by atoms with Crippen LogP contribution < -0.4 is 0 Å². The molecule has 20 heavy (non-hydrogen) atoms. The molecule has 3 rings (SSSR count). The SMILES string of the molecule is O=C1OC(c2ccccc2)=NC[C@H]1c1ccccc1Cl. The van der Waals surface area contributed by atoms with Gasteiger partial charge in [-0.2, -0.15) is 0 Å². The number of hydrogen-bond donors (Lipinski definition) is 0. The van der Waals surface area contributed by atoms with Crippen LogP contribution in [0.2, 0.25) is 5.02 Å². The van der Waals surface area contributed by atoms with Crippen LogP contribution >= 0.6 is 11.6 Å². The normalized spacial score (nSPS) is 18.4. The Balaban J connectivity index is 1.88. The number of hydrogen-bond acceptors (Lipinski definition) is 3. The van der Waals surface area contributed by atoms with Crippen molar-refractivity contribution in [2.75, 3.05) is 6.54 Å². The highest BCUT2D eigenvalue weighted by Crippen LogP contribution is 2.28. The molecule has 2 aromatic carbocycles. The van der Waals surface area contributed by atoms with E-state index in [1.54, 1.807) is 6.07 Å². The zero-order chi connectivity index (χ0) is 13.9. The molecule has 0 aromatic heterocycles. The summed E-state index contributed by atoms with van der Waals surface area (Å²) in [4.78, 5) is 16.5. The molecule has 0 saturated carbocycles. The molecule has 4 heteroatoms. The first kappa shape index (κ1) is 12.9. The lowest BCUT2D eigenvalue weighted by molar-refractivity contribution is -0.137. The van der Waals surface area contributed by atoms with Crippen LogP contribution in [0.4, 0.5) is 0 Å². The van der Waals surface area contributed by atoms with Crippen molar-refractivity contribution >= 4 is 23.5 Å². The molecule has 100 valence electrons. The van der Waals surface area contributed by atoms with Gasteiger partial charge in [0.25, 0.3) is 0 Å². The highest BCUT2D eigenvalue weighted by atomic mass is 35.5. The topological polar surface area (TPSA) is 38.7 Å². The van der Waals surface area contributed by atoms with Gasteiger partial charge in [0.05, 0.1) is 6.54 Å². The van der Waals surface area contributed by atoms with E-state index < -0.39 is 5.92 Å². The third kappa shape index (κ3) is 2.45. The zero-order valence-electron chi connectivity index (χ0n) is 10.6. The Morgan fingerprint density at radius 2 is 1.75 bits per heavy atom. The molecule has 0 spiro atoms. The summed E-state index contributed by atoms with van der Waals surface area (Å²) in [5.74, 6) is -0.373. The molecule has 2 aromatic rings. The van der Waals surface area contributed by atoms with Gasteiger partial charge >= 0.3 is 5.97 Å². The van der Waals surface area contributed by atoms with Gasteiger partial charge in [-0.25, -0.2) is 4.99 Å². The lowest BCUT2D eigenvalue weighted by Gasteiger charge is -2.21. The first-order valence-electron chi connectivity index (χ1n) is 6.31. The number of esters is 1. The minimum atomic E-state index is -0.434. The van der Waals surface area contributed by atoms with E-state index in [2.05, 4.69) is 4.99 Å². The van der Waals surface area contributed by atoms with Crippen molar-refractivity contribution in [3.8, 4) is 0 Å². The predicted octanol–water partition coefficient (Wildman–Crippen LogP) is 3.43. The molecule has 0 bridgehead atoms. The van der Waals surface area contributed by atoms with Crippen molar-refractivity contribution in [2.45, 2.75) is 5.92 Å². The van der Waals surface area contributed by atoms with Crippen molar-refractivity contribution in [1.82, 2.24) is 0 Å². The maximum atomic E-state index is 12.2. The third-order valence-electron chi connectivity index (χ3n) is 3.20. The summed E-state index contributed by atoms with van der Waals surface area (Å²) < 4.78 is 5.35. The van der Waals surface area contributed by atoms with Crippen LogP contribution in [0.25, 0.3) is 0 Å². The molecule has 1 aliphatic rings. The quantitative estimate of drug-likeness (QED) is 0.793. The molecular weight excluding hydrogens is 274 g/mol. The highest BCUT2D eigenvalue weighted by Gasteiger charge is 2.29. The third-order valence-corrected chi connectivity index (χ3v) is 3.54. The number of ether oxygens (including phenoxy) is 1. The maximum absolute atomic E-state index is 12.2. The lowest BCUT2D eigenvalue weighted by Crippen LogP contribution is -2.28. The summed E-state index contributed by atoms with van der Waals surface area (Å²) in [6.45, 7) is 0.354. The van der Waals surface area contributed by atoms with Gasteiger partial charge in [-0.1, -0.05) is 48.0 Å². The van der Waals surface area contributed by atoms with Crippen molar-refractivity contribution in [2.24, 2.45) is 4.99 Å². The van der Waals surface area contributed by atoms with Crippen LogP contribution in [0.5, 0.6) is 0 Å². The number of nitrogens with zero attached hydrogens (tertiary/aromatic N) is 1. The Morgan fingerprint density at radius 1 is 1.05 bits per heavy atom. The summed E-state index contributed by atoms with van der Waals surface area (Å²) in [5.41, 5.74) is 1.56. The second-order valence-corrected chi connectivity index (χ2v) is 4.91. The Labute approximate surface area is 121 Å². The van der Waals surface area contributed by atoms with E-state index in [1.165, 1.54) is 0 Å². The molecule has 1 atom stereocenters. The second-order valence-electron chi connectivity index (χ2n) is 4.51. The van der Waals surface area contributed by atoms with E-state index >= 15 is 0 Å². The molecular formula is C16H12ClNO2. The van der Waals surface area contributed by atoms with Crippen LogP contribution in [-0.4, -0.2) is 18.4 Å². The van der Waals surface area contributed by atoms with Crippen molar-refractivity contribution in [3.63, 3.8) is 0 Å². The molecule has 0 saturated heterocycles. The number of rotatable bonds is 2. The van der Waals surface area contributed by atoms with Crippen LogP contribution in [0.15, 0.2) is 59.6 Å². The number of carbonyl (C=O) groups excluding carboxylic acids is 1. The molecule has 0 aliphatic carbocycles. The predicted molar refractivity (Wildman–Crippen MR) is 78.1 cm³/mol. The molecule has 3 nitrogen and oxygen atoms in total. The van der Waals surface area contributed by atoms with Crippen LogP contribution in [0.3, 0.4) is 0 Å². The lowest BCUT2D eigenvalue weighted by atomic mass is 9.98. The molecule has 1 aliphatic heterocycles. The van der Waals surface area contributed by atoms with E-state index in [9.17, 15) is 4.79 Å². The Bertz CT molecular complexity index is 667. The van der Waals surface area contributed by atoms with Gasteiger partial charge in [0.1, 0.15) is 5.92 Å². The minimum Gasteiger partial charge on any atom is -0.407 e. The molecule has 0 amide bonds. The van der Waals surface area contributed by atoms with Gasteiger partial charge < -0.3 is 4.74 Å². The molecule has 0 N–H and O–H groups in total. The average Bonchev–Trinajstić information content (AvgIpc) is 2.49. The summed E-state index contributed by atoms with van der Waals surface area (Å²) in [5, 5.41) is 0.563. The van der Waals surface area contributed by atoms with Gasteiger partial charge in [0.15, 0.2) is 0 Å². The first-order valence-corrected chi connectivity index (χ1v) is 6.69. The Morgan fingerprint density at radius 3 is 2.45 bits per heavy atom. The number of carbonyl (C=O) groups is 1. The monoisotopic (exact) mass is 285 g/mol. The number of benzene rings is 2. The fourth-order valence-electron chi connectivity index (χ4n) is 2.16. The summed E-state index contributed by atoms with van der Waals surface area (Å²) in [6, 6.07) is 16.7. The molecule has 1 heterocycles. The first-order chi connectivity index (χ1) is 9.75. The zero-order valence-corrected chi connectivity index (χ0v) is 11.4. The second kappa shape index (κ2) is 5.47. The largest absolute Gasteiger partial charge is 0.407 e. The van der Waals surface area contributed by atoms with Gasteiger partial charge in [0.2, 0.25) is 5.90 Å². The maximum Gasteiger partial charge on any atom is 0.322 e. The van der Waals surface area contributed by atoms with Crippen LogP contribution in [-0.2, 0) is 9.53 Å². The van der Waals surface area contributed by atoms with E-state index in [0.717, 1.165) is 11.1 Å². The summed E-state index contributed by atoms with van der Waals surface area (Å²) >= 11 is 6.12. The van der Waals surface area contributed by atoms with E-state index in [0.29, 0.717) is 17.5 Å². The van der Waals surface area contributed by atoms with Gasteiger partial charge in [-0.3, -0.25) is 4.79 Å². The summed E-state index contributed by atoms with van der Waals surface area (Å²) in [6.07, 6.45) is 0. The number of cyclic esters (lactones) is 1. The van der Waals surface area contributed by atoms with Gasteiger partial charge in [-0.05, 0) is 23.8 Å². The number of aliphatic imine (C=N–C) groups is 1.